The third kappa shape index (κ3) is 1.36. The fourth-order valence-corrected chi connectivity index (χ4v) is 2.09. The number of rotatable bonds is 2. The van der Waals surface area contributed by atoms with Gasteiger partial charge in [0.2, 0.25) is 0 Å². The lowest BCUT2D eigenvalue weighted by Gasteiger charge is -2.23. The number of nitrogens with two attached hydrogens (primary N) is 1. The Kier molecular flexibility index (Phi) is 2.10. The molecule has 1 aliphatic carbocycles. The molecule has 3 N–H and O–H groups in total. The Morgan fingerprint density at radius 1 is 1.23 bits per heavy atom. The highest BCUT2D eigenvalue weighted by molar-refractivity contribution is 5.34. The summed E-state index contributed by atoms with van der Waals surface area (Å²) < 4.78 is 0. The molecule has 0 atom stereocenters. The SMILES string of the molecule is NCC1(CO)Cc2ccccc2C1. The number of aliphatic hydroxyl groups excluding tert-OH is 1. The normalized spacial score (nSPS) is 18.6. The number of fused-ring (bicyclic) bond motifs is 1. The molecule has 0 aromatic heterocycles. The molecule has 0 saturated heterocycles. The van der Waals surface area contributed by atoms with Crippen LogP contribution < -0.4 is 5.73 Å². The lowest BCUT2D eigenvalue weighted by Crippen LogP contribution is -2.34. The summed E-state index contributed by atoms with van der Waals surface area (Å²) >= 11 is 0. The van der Waals surface area contributed by atoms with Crippen LogP contribution in [0, 0.1) is 5.41 Å². The monoisotopic (exact) mass is 177 g/mol. The maximum absolute atomic E-state index is 9.31. The zero-order chi connectivity index (χ0) is 9.31. The van der Waals surface area contributed by atoms with E-state index in [1.165, 1.54) is 11.1 Å². The van der Waals surface area contributed by atoms with Crippen molar-refractivity contribution in [3.63, 3.8) is 0 Å². The van der Waals surface area contributed by atoms with Gasteiger partial charge in [0, 0.05) is 12.0 Å². The van der Waals surface area contributed by atoms with E-state index in [4.69, 9.17) is 5.73 Å². The number of hydrogen-bond donors (Lipinski definition) is 2. The van der Waals surface area contributed by atoms with Crippen molar-refractivity contribution in [3.05, 3.63) is 35.4 Å². The maximum atomic E-state index is 9.31. The molecule has 0 aliphatic heterocycles. The Balaban J connectivity index is 2.30. The smallest absolute Gasteiger partial charge is 0.0505 e. The predicted octanol–water partition coefficient (Wildman–Crippen LogP) is 0.723. The molecule has 2 heteroatoms. The van der Waals surface area contributed by atoms with E-state index in [1.54, 1.807) is 0 Å². The lowest BCUT2D eigenvalue weighted by molar-refractivity contribution is 0.141. The molecular weight excluding hydrogens is 162 g/mol. The molecule has 1 aromatic rings. The fraction of sp³-hybridized carbons (Fsp3) is 0.455. The number of aliphatic hydroxyl groups is 1. The Morgan fingerprint density at radius 2 is 1.77 bits per heavy atom. The van der Waals surface area contributed by atoms with Gasteiger partial charge in [0.15, 0.2) is 0 Å². The van der Waals surface area contributed by atoms with E-state index in [0.29, 0.717) is 6.54 Å². The highest BCUT2D eigenvalue weighted by atomic mass is 16.3. The standard InChI is InChI=1S/C11H15NO/c12-7-11(8-13)5-9-3-1-2-4-10(9)6-11/h1-4,13H,5-8,12H2. The summed E-state index contributed by atoms with van der Waals surface area (Å²) in [4.78, 5) is 0. The van der Waals surface area contributed by atoms with Crippen LogP contribution in [0.1, 0.15) is 11.1 Å². The summed E-state index contributed by atoms with van der Waals surface area (Å²) in [5, 5.41) is 9.31. The van der Waals surface area contributed by atoms with E-state index < -0.39 is 0 Å². The van der Waals surface area contributed by atoms with Gasteiger partial charge in [-0.05, 0) is 24.0 Å². The molecule has 0 unspecified atom stereocenters. The first-order valence-corrected chi connectivity index (χ1v) is 4.67. The van der Waals surface area contributed by atoms with Crippen molar-refractivity contribution in [3.8, 4) is 0 Å². The average Bonchev–Trinajstić information content (AvgIpc) is 2.57. The first-order valence-electron chi connectivity index (χ1n) is 4.67. The lowest BCUT2D eigenvalue weighted by atomic mass is 9.86. The van der Waals surface area contributed by atoms with E-state index in [9.17, 15) is 5.11 Å². The van der Waals surface area contributed by atoms with Crippen molar-refractivity contribution < 1.29 is 5.11 Å². The van der Waals surface area contributed by atoms with Crippen molar-refractivity contribution in [2.75, 3.05) is 13.2 Å². The molecule has 0 bridgehead atoms. The fourth-order valence-electron chi connectivity index (χ4n) is 2.09. The predicted molar refractivity (Wildman–Crippen MR) is 52.4 cm³/mol. The summed E-state index contributed by atoms with van der Waals surface area (Å²) in [5.41, 5.74) is 8.32. The summed E-state index contributed by atoms with van der Waals surface area (Å²) in [6, 6.07) is 8.34. The van der Waals surface area contributed by atoms with Crippen LogP contribution in [-0.4, -0.2) is 18.3 Å². The van der Waals surface area contributed by atoms with E-state index >= 15 is 0 Å². The van der Waals surface area contributed by atoms with Crippen LogP contribution in [0.3, 0.4) is 0 Å². The van der Waals surface area contributed by atoms with Gasteiger partial charge in [-0.2, -0.15) is 0 Å². The molecule has 2 nitrogen and oxygen atoms in total. The molecule has 0 amide bonds. The second-order valence-electron chi connectivity index (χ2n) is 3.98. The minimum atomic E-state index is -0.0797. The van der Waals surface area contributed by atoms with Crippen LogP contribution in [-0.2, 0) is 12.8 Å². The molecular formula is C11H15NO. The van der Waals surface area contributed by atoms with E-state index in [0.717, 1.165) is 12.8 Å². The van der Waals surface area contributed by atoms with Gasteiger partial charge in [-0.25, -0.2) is 0 Å². The molecule has 70 valence electrons. The van der Waals surface area contributed by atoms with E-state index in [-0.39, 0.29) is 12.0 Å². The summed E-state index contributed by atoms with van der Waals surface area (Å²) in [7, 11) is 0. The van der Waals surface area contributed by atoms with Crippen molar-refractivity contribution in [1.82, 2.24) is 0 Å². The van der Waals surface area contributed by atoms with Gasteiger partial charge in [0.05, 0.1) is 6.61 Å². The van der Waals surface area contributed by atoms with E-state index in [1.807, 2.05) is 12.1 Å². The van der Waals surface area contributed by atoms with Crippen LogP contribution in [0.25, 0.3) is 0 Å². The van der Waals surface area contributed by atoms with Gasteiger partial charge < -0.3 is 10.8 Å². The molecule has 0 heterocycles. The number of benzene rings is 1. The van der Waals surface area contributed by atoms with Gasteiger partial charge in [0.25, 0.3) is 0 Å². The minimum absolute atomic E-state index is 0.0797. The van der Waals surface area contributed by atoms with Gasteiger partial charge in [-0.1, -0.05) is 24.3 Å². The first kappa shape index (κ1) is 8.73. The molecule has 1 aromatic carbocycles. The minimum Gasteiger partial charge on any atom is -0.396 e. The zero-order valence-corrected chi connectivity index (χ0v) is 7.66. The molecule has 0 spiro atoms. The van der Waals surface area contributed by atoms with Crippen molar-refractivity contribution in [2.24, 2.45) is 11.1 Å². The highest BCUT2D eigenvalue weighted by Gasteiger charge is 2.34. The zero-order valence-electron chi connectivity index (χ0n) is 7.66. The topological polar surface area (TPSA) is 46.2 Å². The van der Waals surface area contributed by atoms with E-state index in [2.05, 4.69) is 12.1 Å². The summed E-state index contributed by atoms with van der Waals surface area (Å²) in [6.07, 6.45) is 1.85. The second kappa shape index (κ2) is 3.13. The van der Waals surface area contributed by atoms with Gasteiger partial charge in [-0.3, -0.25) is 0 Å². The number of hydrogen-bond acceptors (Lipinski definition) is 2. The Labute approximate surface area is 78.4 Å². The van der Waals surface area contributed by atoms with Crippen LogP contribution in [0.5, 0.6) is 0 Å². The van der Waals surface area contributed by atoms with Gasteiger partial charge in [0.1, 0.15) is 0 Å². The van der Waals surface area contributed by atoms with Gasteiger partial charge in [-0.15, -0.1) is 0 Å². The second-order valence-corrected chi connectivity index (χ2v) is 3.98. The Hall–Kier alpha value is -0.860. The quantitative estimate of drug-likeness (QED) is 0.699. The van der Waals surface area contributed by atoms with Crippen molar-refractivity contribution >= 4 is 0 Å². The Bertz CT molecular complexity index is 278. The molecule has 0 fully saturated rings. The molecule has 13 heavy (non-hydrogen) atoms. The third-order valence-corrected chi connectivity index (χ3v) is 3.02. The first-order chi connectivity index (χ1) is 6.29. The molecule has 0 radical (unpaired) electrons. The van der Waals surface area contributed by atoms with Crippen LogP contribution in [0.15, 0.2) is 24.3 Å². The summed E-state index contributed by atoms with van der Waals surface area (Å²) in [6.45, 7) is 0.760. The molecule has 0 saturated carbocycles. The maximum Gasteiger partial charge on any atom is 0.0505 e. The van der Waals surface area contributed by atoms with Crippen LogP contribution in [0.4, 0.5) is 0 Å². The van der Waals surface area contributed by atoms with Crippen LogP contribution >= 0.6 is 0 Å². The third-order valence-electron chi connectivity index (χ3n) is 3.02. The molecule has 1 aliphatic rings. The van der Waals surface area contributed by atoms with Crippen LogP contribution in [0.2, 0.25) is 0 Å². The molecule has 2 rings (SSSR count). The Morgan fingerprint density at radius 3 is 2.15 bits per heavy atom. The average molecular weight is 177 g/mol. The highest BCUT2D eigenvalue weighted by Crippen LogP contribution is 2.35. The van der Waals surface area contributed by atoms with Crippen molar-refractivity contribution in [2.45, 2.75) is 12.8 Å². The van der Waals surface area contributed by atoms with Gasteiger partial charge >= 0.3 is 0 Å². The largest absolute Gasteiger partial charge is 0.396 e. The summed E-state index contributed by atoms with van der Waals surface area (Å²) in [5.74, 6) is 0. The van der Waals surface area contributed by atoms with Crippen molar-refractivity contribution in [1.29, 1.82) is 0 Å².